The van der Waals surface area contributed by atoms with Crippen molar-refractivity contribution in [3.63, 3.8) is 0 Å². The van der Waals surface area contributed by atoms with Gasteiger partial charge in [-0.25, -0.2) is 5.06 Å². The fourth-order valence-corrected chi connectivity index (χ4v) is 17.1. The number of nitrogens with zero attached hydrogens (tertiary/aromatic N) is 1. The smallest absolute Gasteiger partial charge is 0.147 e. The molecule has 8 nitrogen and oxygen atoms in total. The highest BCUT2D eigenvalue weighted by Gasteiger charge is 2.45. The number of rotatable bonds is 22. The Morgan fingerprint density at radius 3 is 1.12 bits per heavy atom. The van der Waals surface area contributed by atoms with E-state index in [2.05, 4.69) is 245 Å². The lowest BCUT2D eigenvalue weighted by Crippen LogP contribution is -2.32. The molecular formula is C102H105NO7. The summed E-state index contributed by atoms with van der Waals surface area (Å²) in [4.78, 5) is 6.15. The van der Waals surface area contributed by atoms with E-state index in [1.165, 1.54) is 47.9 Å². The van der Waals surface area contributed by atoms with E-state index in [9.17, 15) is 5.11 Å². The average Bonchev–Trinajstić information content (AvgIpc) is 0.713. The second-order valence-corrected chi connectivity index (χ2v) is 30.6. The number of anilines is 1. The third-order valence-electron chi connectivity index (χ3n) is 22.6. The first-order valence-electron chi connectivity index (χ1n) is 40.9. The standard InChI is InChI=1S/C102H105NO7/c1-7-11-15-27-62-101(63-28-16-12-8-2)91-47-31-35-75(54-51-74-52-57-78(58-53-74)103-73-107-70-69-105-67-68-106-71-72-108-103)96(91)109-97-76(36-32-48-92(97)101)56-60-86-83-42-23-25-44-88(83)95(89-45-26-24-43-84(86)89)90-46-34-50-94-99(90)110-98-77(37-33-49-93(98)102(94,64-29-17-13-9-3)65-30-18-14-10-4)55-59-85-79-38-19-21-40-81(79)87(61-66-100(5,6)104)82-41-22-20-39-80(82)85/h19-26,31-50,52-53,57-58,104H,7-18,27-30,62-65,67-73H2,1-6H3. The van der Waals surface area contributed by atoms with Gasteiger partial charge in [-0.2, -0.15) is 0 Å². The van der Waals surface area contributed by atoms with Crippen LogP contribution in [-0.4, -0.2) is 57.1 Å². The van der Waals surface area contributed by atoms with Crippen molar-refractivity contribution in [1.29, 1.82) is 0 Å². The summed E-state index contributed by atoms with van der Waals surface area (Å²) in [6.45, 7) is 15.8. The quantitative estimate of drug-likeness (QED) is 0.0409. The van der Waals surface area contributed by atoms with Gasteiger partial charge in [-0.05, 0) is 125 Å². The normalized spacial score (nSPS) is 14.4. The topological polar surface area (TPSA) is 78.9 Å². The first kappa shape index (κ1) is 76.7. The zero-order chi connectivity index (χ0) is 75.7. The molecule has 1 fully saturated rings. The number of hydrogen-bond acceptors (Lipinski definition) is 8. The van der Waals surface area contributed by atoms with Crippen molar-refractivity contribution in [3.8, 4) is 81.5 Å². The number of para-hydroxylation sites is 4. The molecule has 0 unspecified atom stereocenters. The minimum atomic E-state index is -1.16. The number of ether oxygens (including phenoxy) is 5. The summed E-state index contributed by atoms with van der Waals surface area (Å²) in [5, 5.41) is 21.0. The first-order valence-corrected chi connectivity index (χ1v) is 40.9. The van der Waals surface area contributed by atoms with E-state index in [0.29, 0.717) is 39.6 Å². The van der Waals surface area contributed by atoms with Gasteiger partial charge in [0.15, 0.2) is 0 Å². The van der Waals surface area contributed by atoms with Crippen molar-refractivity contribution in [2.75, 3.05) is 51.4 Å². The van der Waals surface area contributed by atoms with Crippen LogP contribution in [0.15, 0.2) is 194 Å². The molecule has 0 radical (unpaired) electrons. The van der Waals surface area contributed by atoms with Crippen molar-refractivity contribution in [3.05, 3.63) is 255 Å². The minimum Gasteiger partial charge on any atom is -0.455 e. The second kappa shape index (κ2) is 36.2. The van der Waals surface area contributed by atoms with Crippen molar-refractivity contribution < 1.29 is 33.6 Å². The van der Waals surface area contributed by atoms with Crippen LogP contribution in [0, 0.1) is 47.4 Å². The molecule has 0 aromatic heterocycles. The molecule has 560 valence electrons. The molecule has 3 aliphatic heterocycles. The van der Waals surface area contributed by atoms with Crippen molar-refractivity contribution in [2.45, 2.75) is 186 Å². The van der Waals surface area contributed by atoms with E-state index in [0.717, 1.165) is 225 Å². The van der Waals surface area contributed by atoms with Gasteiger partial charge >= 0.3 is 0 Å². The Kier molecular flexibility index (Phi) is 25.2. The Morgan fingerprint density at radius 1 is 0.345 bits per heavy atom. The lowest BCUT2D eigenvalue weighted by molar-refractivity contribution is -0.0448. The molecule has 8 heteroatoms. The van der Waals surface area contributed by atoms with Crippen LogP contribution in [-0.2, 0) is 29.9 Å². The van der Waals surface area contributed by atoms with Crippen LogP contribution in [0.25, 0.3) is 54.2 Å². The monoisotopic (exact) mass is 1460 g/mol. The van der Waals surface area contributed by atoms with Crippen LogP contribution in [0.4, 0.5) is 5.69 Å². The average molecular weight is 1460 g/mol. The maximum absolute atomic E-state index is 10.8. The van der Waals surface area contributed by atoms with Crippen LogP contribution in [0.1, 0.15) is 231 Å². The lowest BCUT2D eigenvalue weighted by Gasteiger charge is -2.42. The molecule has 0 amide bonds. The molecule has 11 aromatic carbocycles. The maximum atomic E-state index is 10.8. The molecule has 14 rings (SSSR count). The van der Waals surface area contributed by atoms with E-state index in [1.807, 2.05) is 24.3 Å². The maximum Gasteiger partial charge on any atom is 0.147 e. The van der Waals surface area contributed by atoms with E-state index in [-0.39, 0.29) is 17.6 Å². The summed E-state index contributed by atoms with van der Waals surface area (Å²) < 4.78 is 32.6. The van der Waals surface area contributed by atoms with Gasteiger partial charge in [0.25, 0.3) is 0 Å². The molecular weight excluding hydrogens is 1350 g/mol. The fraction of sp³-hybridized carbons (Fsp3) is 0.353. The highest BCUT2D eigenvalue weighted by molar-refractivity contribution is 6.17. The van der Waals surface area contributed by atoms with Crippen LogP contribution in [0.5, 0.6) is 23.0 Å². The zero-order valence-electron chi connectivity index (χ0n) is 65.4. The molecule has 0 saturated carbocycles. The van der Waals surface area contributed by atoms with E-state index in [1.54, 1.807) is 18.9 Å². The van der Waals surface area contributed by atoms with Crippen molar-refractivity contribution >= 4 is 48.8 Å². The van der Waals surface area contributed by atoms with Crippen LogP contribution in [0.2, 0.25) is 0 Å². The largest absolute Gasteiger partial charge is 0.455 e. The molecule has 11 aromatic rings. The Labute approximate surface area is 653 Å². The van der Waals surface area contributed by atoms with E-state index in [4.69, 9.17) is 28.5 Å². The number of benzene rings is 11. The van der Waals surface area contributed by atoms with Gasteiger partial charge in [0, 0.05) is 66.5 Å². The van der Waals surface area contributed by atoms with Gasteiger partial charge in [-0.1, -0.05) is 329 Å². The van der Waals surface area contributed by atoms with Crippen LogP contribution in [0.3, 0.4) is 0 Å². The SMILES string of the molecule is CCCCCCC1(CCCCCC)c2cccc(C#Cc3ccc(N4COCCOCCOCCO4)cc3)c2Oc2c(C#Cc3c4ccccc4c(-c4cccc5c4Oc4c(C#Cc6c7ccccc7c(C#CC(C)(C)O)c7ccccc67)cccc4C5(CCCCCC)CCCCCC)c4ccccc34)cccc21. The second-order valence-electron chi connectivity index (χ2n) is 30.6. The number of unbranched alkanes of at least 4 members (excludes halogenated alkanes) is 12. The van der Waals surface area contributed by atoms with Crippen molar-refractivity contribution in [2.24, 2.45) is 0 Å². The molecule has 0 bridgehead atoms. The Balaban J connectivity index is 0.898. The summed E-state index contributed by atoms with van der Waals surface area (Å²) in [5.41, 5.74) is 12.3. The Hall–Kier alpha value is -10.1. The van der Waals surface area contributed by atoms with Gasteiger partial charge in [0.05, 0.1) is 62.0 Å². The number of fused-ring (bicyclic) bond motifs is 8. The fourth-order valence-electron chi connectivity index (χ4n) is 17.1. The highest BCUT2D eigenvalue weighted by atomic mass is 16.7. The summed E-state index contributed by atoms with van der Waals surface area (Å²) in [5.74, 6) is 32.5. The first-order chi connectivity index (χ1) is 54.1. The van der Waals surface area contributed by atoms with Gasteiger partial charge in [0.1, 0.15) is 35.3 Å². The van der Waals surface area contributed by atoms with Gasteiger partial charge in [0.2, 0.25) is 0 Å². The molecule has 1 saturated heterocycles. The van der Waals surface area contributed by atoms with Crippen LogP contribution >= 0.6 is 0 Å². The molecule has 110 heavy (non-hydrogen) atoms. The third kappa shape index (κ3) is 16.7. The third-order valence-corrected chi connectivity index (χ3v) is 22.6. The highest BCUT2D eigenvalue weighted by Crippen LogP contribution is 2.59. The molecule has 1 N–H and O–H groups in total. The Bertz CT molecular complexity index is 5210. The zero-order valence-corrected chi connectivity index (χ0v) is 65.4. The van der Waals surface area contributed by atoms with Gasteiger partial charge in [-0.3, -0.25) is 4.84 Å². The molecule has 0 aliphatic carbocycles. The Morgan fingerprint density at radius 2 is 0.700 bits per heavy atom. The van der Waals surface area contributed by atoms with Crippen LogP contribution < -0.4 is 14.5 Å². The number of hydroxylamine groups is 1. The summed E-state index contributed by atoms with van der Waals surface area (Å²) >= 11 is 0. The summed E-state index contributed by atoms with van der Waals surface area (Å²) in [6, 6.07) is 69.8. The predicted octanol–water partition coefficient (Wildman–Crippen LogP) is 24.7. The molecule has 3 aliphatic rings. The molecule has 0 atom stereocenters. The predicted molar refractivity (Wildman–Crippen MR) is 453 cm³/mol. The van der Waals surface area contributed by atoms with Gasteiger partial charge < -0.3 is 28.8 Å². The van der Waals surface area contributed by atoms with E-state index >= 15 is 0 Å². The molecule has 3 heterocycles. The molecule has 0 spiro atoms. The van der Waals surface area contributed by atoms with Gasteiger partial charge in [-0.15, -0.1) is 0 Å². The number of aliphatic hydroxyl groups is 1. The van der Waals surface area contributed by atoms with E-state index < -0.39 is 5.60 Å². The van der Waals surface area contributed by atoms with Crippen molar-refractivity contribution in [1.82, 2.24) is 0 Å². The minimum absolute atomic E-state index is 0.258. The summed E-state index contributed by atoms with van der Waals surface area (Å²) in [7, 11) is 0. The number of hydrogen-bond donors (Lipinski definition) is 1. The lowest BCUT2D eigenvalue weighted by atomic mass is 9.65. The summed E-state index contributed by atoms with van der Waals surface area (Å²) in [6.07, 6.45) is 22.4.